The Morgan fingerprint density at radius 1 is 1.17 bits per heavy atom. The van der Waals surface area contributed by atoms with Gasteiger partial charge in [-0.05, 0) is 29.7 Å². The number of nitrogens with zero attached hydrogens (tertiary/aromatic N) is 1. The second-order valence-electron chi connectivity index (χ2n) is 4.50. The number of rotatable bonds is 4. The quantitative estimate of drug-likeness (QED) is 0.893. The highest BCUT2D eigenvalue weighted by Crippen LogP contribution is 2.24. The Bertz CT molecular complexity index is 506. The maximum Gasteiger partial charge on any atom is 0.223 e. The van der Waals surface area contributed by atoms with E-state index >= 15 is 0 Å². The van der Waals surface area contributed by atoms with Crippen molar-refractivity contribution >= 4 is 0 Å². The van der Waals surface area contributed by atoms with E-state index in [9.17, 15) is 0 Å². The van der Waals surface area contributed by atoms with Gasteiger partial charge in [-0.25, -0.2) is 4.98 Å². The smallest absolute Gasteiger partial charge is 0.223 e. The molecule has 0 radical (unpaired) electrons. The summed E-state index contributed by atoms with van der Waals surface area (Å²) in [6.45, 7) is 4.76. The lowest BCUT2D eigenvalue weighted by Gasteiger charge is -2.10. The molecule has 0 amide bonds. The molecule has 0 bridgehead atoms. The molecule has 0 aliphatic rings. The molecule has 2 N–H and O–H groups in total. The fourth-order valence-corrected chi connectivity index (χ4v) is 1.70. The number of benzene rings is 1. The second kappa shape index (κ2) is 5.65. The van der Waals surface area contributed by atoms with Crippen molar-refractivity contribution in [2.24, 2.45) is 5.73 Å². The molecule has 18 heavy (non-hydrogen) atoms. The summed E-state index contributed by atoms with van der Waals surface area (Å²) in [5, 5.41) is 0. The van der Waals surface area contributed by atoms with Crippen LogP contribution in [0.2, 0.25) is 0 Å². The van der Waals surface area contributed by atoms with Crippen molar-refractivity contribution in [2.45, 2.75) is 26.3 Å². The number of pyridine rings is 1. The van der Waals surface area contributed by atoms with Gasteiger partial charge in [0.2, 0.25) is 5.88 Å². The van der Waals surface area contributed by atoms with E-state index in [2.05, 4.69) is 31.0 Å². The highest BCUT2D eigenvalue weighted by molar-refractivity contribution is 5.34. The lowest BCUT2D eigenvalue weighted by Crippen LogP contribution is -2.00. The molecule has 0 saturated carbocycles. The van der Waals surface area contributed by atoms with E-state index < -0.39 is 0 Å². The van der Waals surface area contributed by atoms with Crippen LogP contribution < -0.4 is 10.5 Å². The Morgan fingerprint density at radius 2 is 1.89 bits per heavy atom. The standard InChI is InChI=1S/C15H18N2O/c1-11(2)12-5-7-14(8-6-12)18-15-13(10-16)4-3-9-17-15/h3-9,11H,10,16H2,1-2H3. The molecule has 3 heteroatoms. The van der Waals surface area contributed by atoms with Crippen LogP contribution in [0.25, 0.3) is 0 Å². The van der Waals surface area contributed by atoms with E-state index in [-0.39, 0.29) is 0 Å². The minimum atomic E-state index is 0.424. The number of nitrogens with two attached hydrogens (primary N) is 1. The van der Waals surface area contributed by atoms with Gasteiger partial charge in [-0.3, -0.25) is 0 Å². The SMILES string of the molecule is CC(C)c1ccc(Oc2ncccc2CN)cc1. The third-order valence-corrected chi connectivity index (χ3v) is 2.83. The molecule has 0 fully saturated rings. The van der Waals surface area contributed by atoms with Gasteiger partial charge in [-0.2, -0.15) is 0 Å². The molecule has 0 unspecified atom stereocenters. The zero-order valence-corrected chi connectivity index (χ0v) is 10.8. The molecule has 2 rings (SSSR count). The van der Waals surface area contributed by atoms with Crippen LogP contribution in [-0.2, 0) is 6.54 Å². The van der Waals surface area contributed by atoms with Gasteiger partial charge < -0.3 is 10.5 Å². The predicted molar refractivity (Wildman–Crippen MR) is 72.7 cm³/mol. The molecule has 0 aliphatic heterocycles. The highest BCUT2D eigenvalue weighted by Gasteiger charge is 2.05. The fourth-order valence-electron chi connectivity index (χ4n) is 1.70. The van der Waals surface area contributed by atoms with Gasteiger partial charge in [0, 0.05) is 18.3 Å². The minimum Gasteiger partial charge on any atom is -0.439 e. The number of aromatic nitrogens is 1. The van der Waals surface area contributed by atoms with Crippen LogP contribution in [0.4, 0.5) is 0 Å². The molecule has 2 aromatic rings. The number of ether oxygens (including phenoxy) is 1. The van der Waals surface area contributed by atoms with Crippen molar-refractivity contribution in [2.75, 3.05) is 0 Å². The van der Waals surface area contributed by atoms with Crippen LogP contribution in [0.15, 0.2) is 42.6 Å². The van der Waals surface area contributed by atoms with Crippen LogP contribution in [0.1, 0.15) is 30.9 Å². The summed E-state index contributed by atoms with van der Waals surface area (Å²) in [7, 11) is 0. The zero-order valence-electron chi connectivity index (χ0n) is 10.8. The first-order valence-electron chi connectivity index (χ1n) is 6.12. The summed E-state index contributed by atoms with van der Waals surface area (Å²) in [4.78, 5) is 4.20. The fraction of sp³-hybridized carbons (Fsp3) is 0.267. The number of hydrogen-bond acceptors (Lipinski definition) is 3. The largest absolute Gasteiger partial charge is 0.439 e. The molecule has 0 spiro atoms. The van der Waals surface area contributed by atoms with E-state index in [0.29, 0.717) is 18.3 Å². The van der Waals surface area contributed by atoms with Crippen LogP contribution >= 0.6 is 0 Å². The Hall–Kier alpha value is -1.87. The first-order valence-corrected chi connectivity index (χ1v) is 6.12. The first-order chi connectivity index (χ1) is 8.70. The monoisotopic (exact) mass is 242 g/mol. The van der Waals surface area contributed by atoms with Crippen LogP contribution in [-0.4, -0.2) is 4.98 Å². The molecule has 1 aromatic carbocycles. The van der Waals surface area contributed by atoms with Crippen molar-refractivity contribution in [3.05, 3.63) is 53.7 Å². The lowest BCUT2D eigenvalue weighted by molar-refractivity contribution is 0.456. The molecule has 1 heterocycles. The minimum absolute atomic E-state index is 0.424. The van der Waals surface area contributed by atoms with Gasteiger partial charge in [-0.1, -0.05) is 32.0 Å². The highest BCUT2D eigenvalue weighted by atomic mass is 16.5. The van der Waals surface area contributed by atoms with E-state index in [1.807, 2.05) is 24.3 Å². The van der Waals surface area contributed by atoms with E-state index in [4.69, 9.17) is 10.5 Å². The first kappa shape index (κ1) is 12.6. The summed E-state index contributed by atoms with van der Waals surface area (Å²) in [6.07, 6.45) is 1.71. The van der Waals surface area contributed by atoms with Crippen LogP contribution in [0.3, 0.4) is 0 Å². The summed E-state index contributed by atoms with van der Waals surface area (Å²) in [6, 6.07) is 11.9. The van der Waals surface area contributed by atoms with Gasteiger partial charge in [0.25, 0.3) is 0 Å². The third kappa shape index (κ3) is 2.87. The Labute approximate surface area is 108 Å². The average Bonchev–Trinajstić information content (AvgIpc) is 2.40. The molecule has 1 aromatic heterocycles. The zero-order chi connectivity index (χ0) is 13.0. The summed E-state index contributed by atoms with van der Waals surface area (Å²) < 4.78 is 5.74. The molecule has 3 nitrogen and oxygen atoms in total. The van der Waals surface area contributed by atoms with Gasteiger partial charge >= 0.3 is 0 Å². The van der Waals surface area contributed by atoms with Gasteiger partial charge in [0.1, 0.15) is 5.75 Å². The van der Waals surface area contributed by atoms with E-state index in [1.54, 1.807) is 6.20 Å². The van der Waals surface area contributed by atoms with Gasteiger partial charge in [-0.15, -0.1) is 0 Å². The van der Waals surface area contributed by atoms with Crippen molar-refractivity contribution in [3.63, 3.8) is 0 Å². The van der Waals surface area contributed by atoms with Crippen molar-refractivity contribution in [3.8, 4) is 11.6 Å². The van der Waals surface area contributed by atoms with Crippen LogP contribution in [0, 0.1) is 0 Å². The maximum atomic E-state index is 5.74. The number of hydrogen-bond donors (Lipinski definition) is 1. The van der Waals surface area contributed by atoms with Gasteiger partial charge in [0.15, 0.2) is 0 Å². The van der Waals surface area contributed by atoms with Crippen molar-refractivity contribution in [1.82, 2.24) is 4.98 Å². The summed E-state index contributed by atoms with van der Waals surface area (Å²) in [5.74, 6) is 1.89. The van der Waals surface area contributed by atoms with E-state index in [1.165, 1.54) is 5.56 Å². The maximum absolute atomic E-state index is 5.74. The molecule has 0 atom stereocenters. The topological polar surface area (TPSA) is 48.1 Å². The Kier molecular flexibility index (Phi) is 3.95. The second-order valence-corrected chi connectivity index (χ2v) is 4.50. The Morgan fingerprint density at radius 3 is 2.50 bits per heavy atom. The molecule has 94 valence electrons. The molecule has 0 aliphatic carbocycles. The summed E-state index contributed by atoms with van der Waals surface area (Å²) in [5.41, 5.74) is 7.85. The normalized spacial score (nSPS) is 10.7. The van der Waals surface area contributed by atoms with Crippen LogP contribution in [0.5, 0.6) is 11.6 Å². The molecular weight excluding hydrogens is 224 g/mol. The average molecular weight is 242 g/mol. The van der Waals surface area contributed by atoms with Gasteiger partial charge in [0.05, 0.1) is 0 Å². The predicted octanol–water partition coefficient (Wildman–Crippen LogP) is 3.46. The third-order valence-electron chi connectivity index (χ3n) is 2.83. The molecule has 0 saturated heterocycles. The van der Waals surface area contributed by atoms with E-state index in [0.717, 1.165) is 11.3 Å². The van der Waals surface area contributed by atoms with Crippen molar-refractivity contribution in [1.29, 1.82) is 0 Å². The molecular formula is C15H18N2O. The Balaban J connectivity index is 2.18. The van der Waals surface area contributed by atoms with Crippen molar-refractivity contribution < 1.29 is 4.74 Å². The summed E-state index contributed by atoms with van der Waals surface area (Å²) >= 11 is 0. The lowest BCUT2D eigenvalue weighted by atomic mass is 10.0.